The number of hydrogen-bond acceptors (Lipinski definition) is 5. The number of likely N-dealkylation sites (tertiary alicyclic amines) is 1. The molecule has 0 radical (unpaired) electrons. The van der Waals surface area contributed by atoms with E-state index in [-0.39, 0.29) is 17.9 Å². The van der Waals surface area contributed by atoms with Crippen LogP contribution in [0.5, 0.6) is 0 Å². The molecule has 1 aliphatic rings. The Labute approximate surface area is 151 Å². The van der Waals surface area contributed by atoms with Crippen molar-refractivity contribution in [2.45, 2.75) is 26.7 Å². The summed E-state index contributed by atoms with van der Waals surface area (Å²) in [6.45, 7) is 6.53. The summed E-state index contributed by atoms with van der Waals surface area (Å²) in [5.74, 6) is 0.0436. The number of carbonyl (C=O) groups excluding carboxylic acids is 2. The standard InChI is InChI=1S/C17H23N5O2S/c1-3-21(4-2)16(23)12-6-5-9-22(11-12)17(24)18-13-7-8-14-15(10-13)20-25-19-14/h7-8,10,12H,3-6,9,11H2,1-2H3,(H,18,24)/t12-/m0/s1. The lowest BCUT2D eigenvalue weighted by atomic mass is 9.96. The molecule has 1 atom stereocenters. The maximum absolute atomic E-state index is 12.6. The van der Waals surface area contributed by atoms with E-state index in [0.717, 1.165) is 35.6 Å². The van der Waals surface area contributed by atoms with Crippen LogP contribution in [0.3, 0.4) is 0 Å². The molecule has 8 heteroatoms. The third-order valence-corrected chi connectivity index (χ3v) is 5.19. The van der Waals surface area contributed by atoms with Gasteiger partial charge in [0.15, 0.2) is 0 Å². The van der Waals surface area contributed by atoms with Crippen molar-refractivity contribution in [3.63, 3.8) is 0 Å². The first-order valence-corrected chi connectivity index (χ1v) is 9.42. The van der Waals surface area contributed by atoms with Crippen LogP contribution < -0.4 is 5.32 Å². The number of hydrogen-bond donors (Lipinski definition) is 1. The Bertz CT molecular complexity index is 758. The largest absolute Gasteiger partial charge is 0.343 e. The molecular formula is C17H23N5O2S. The van der Waals surface area contributed by atoms with Crippen molar-refractivity contribution in [3.8, 4) is 0 Å². The first-order valence-electron chi connectivity index (χ1n) is 8.69. The first-order chi connectivity index (χ1) is 12.1. The number of nitrogens with one attached hydrogen (secondary N) is 1. The summed E-state index contributed by atoms with van der Waals surface area (Å²) in [6.07, 6.45) is 1.69. The van der Waals surface area contributed by atoms with Gasteiger partial charge in [-0.25, -0.2) is 4.79 Å². The monoisotopic (exact) mass is 361 g/mol. The lowest BCUT2D eigenvalue weighted by molar-refractivity contribution is -0.136. The van der Waals surface area contributed by atoms with E-state index in [2.05, 4.69) is 14.1 Å². The summed E-state index contributed by atoms with van der Waals surface area (Å²) < 4.78 is 8.34. The van der Waals surface area contributed by atoms with E-state index in [1.165, 1.54) is 0 Å². The minimum Gasteiger partial charge on any atom is -0.343 e. The molecule has 2 aromatic rings. The topological polar surface area (TPSA) is 78.4 Å². The Kier molecular flexibility index (Phi) is 5.47. The van der Waals surface area contributed by atoms with Gasteiger partial charge < -0.3 is 15.1 Å². The van der Waals surface area contributed by atoms with E-state index in [4.69, 9.17) is 0 Å². The number of piperidine rings is 1. The van der Waals surface area contributed by atoms with Gasteiger partial charge in [-0.05, 0) is 44.9 Å². The molecule has 1 aromatic carbocycles. The van der Waals surface area contributed by atoms with Gasteiger partial charge in [-0.2, -0.15) is 8.75 Å². The molecule has 25 heavy (non-hydrogen) atoms. The molecule has 1 fully saturated rings. The van der Waals surface area contributed by atoms with Crippen molar-refractivity contribution in [1.29, 1.82) is 0 Å². The summed E-state index contributed by atoms with van der Waals surface area (Å²) in [5.41, 5.74) is 2.30. The Morgan fingerprint density at radius 3 is 2.80 bits per heavy atom. The molecule has 1 N–H and O–H groups in total. The second-order valence-electron chi connectivity index (χ2n) is 6.19. The molecule has 3 amide bonds. The molecule has 7 nitrogen and oxygen atoms in total. The second kappa shape index (κ2) is 7.77. The van der Waals surface area contributed by atoms with Gasteiger partial charge in [0.2, 0.25) is 5.91 Å². The molecular weight excluding hydrogens is 338 g/mol. The van der Waals surface area contributed by atoms with Gasteiger partial charge in [-0.3, -0.25) is 4.79 Å². The predicted octanol–water partition coefficient (Wildman–Crippen LogP) is 2.80. The quantitative estimate of drug-likeness (QED) is 0.908. The number of rotatable bonds is 4. The summed E-state index contributed by atoms with van der Waals surface area (Å²) in [5, 5.41) is 2.91. The van der Waals surface area contributed by atoms with Crippen molar-refractivity contribution < 1.29 is 9.59 Å². The normalized spacial score (nSPS) is 17.5. The number of aromatic nitrogens is 2. The fourth-order valence-electron chi connectivity index (χ4n) is 3.22. The van der Waals surface area contributed by atoms with Crippen LogP contribution >= 0.6 is 11.7 Å². The first kappa shape index (κ1) is 17.6. The number of anilines is 1. The van der Waals surface area contributed by atoms with Gasteiger partial charge in [0.05, 0.1) is 17.6 Å². The van der Waals surface area contributed by atoms with Crippen LogP contribution in [0.4, 0.5) is 10.5 Å². The highest BCUT2D eigenvalue weighted by molar-refractivity contribution is 7.00. The Balaban J connectivity index is 1.64. The molecule has 134 valence electrons. The molecule has 0 spiro atoms. The highest BCUT2D eigenvalue weighted by atomic mass is 32.1. The predicted molar refractivity (Wildman–Crippen MR) is 98.7 cm³/mol. The van der Waals surface area contributed by atoms with Crippen LogP contribution in [0.2, 0.25) is 0 Å². The number of fused-ring (bicyclic) bond motifs is 1. The maximum atomic E-state index is 12.6. The van der Waals surface area contributed by atoms with Gasteiger partial charge in [0, 0.05) is 31.9 Å². The third-order valence-electron chi connectivity index (χ3n) is 4.64. The molecule has 1 saturated heterocycles. The van der Waals surface area contributed by atoms with E-state index < -0.39 is 0 Å². The van der Waals surface area contributed by atoms with Gasteiger partial charge in [0.1, 0.15) is 11.0 Å². The SMILES string of the molecule is CCN(CC)C(=O)[C@H]1CCCN(C(=O)Nc2ccc3nsnc3c2)C1. The van der Waals surface area contributed by atoms with Gasteiger partial charge >= 0.3 is 6.03 Å². The third kappa shape index (κ3) is 3.89. The van der Waals surface area contributed by atoms with Crippen molar-refractivity contribution >= 4 is 40.4 Å². The zero-order chi connectivity index (χ0) is 17.8. The van der Waals surface area contributed by atoms with Crippen molar-refractivity contribution in [3.05, 3.63) is 18.2 Å². The molecule has 0 bridgehead atoms. The minimum absolute atomic E-state index is 0.107. The fraction of sp³-hybridized carbons (Fsp3) is 0.529. The summed E-state index contributed by atoms with van der Waals surface area (Å²) in [7, 11) is 0. The average molecular weight is 361 g/mol. The van der Waals surface area contributed by atoms with Crippen molar-refractivity contribution in [1.82, 2.24) is 18.5 Å². The van der Waals surface area contributed by atoms with E-state index in [1.807, 2.05) is 36.9 Å². The van der Waals surface area contributed by atoms with E-state index in [0.29, 0.717) is 31.9 Å². The molecule has 0 aliphatic carbocycles. The Morgan fingerprint density at radius 1 is 1.28 bits per heavy atom. The zero-order valence-electron chi connectivity index (χ0n) is 14.6. The highest BCUT2D eigenvalue weighted by Gasteiger charge is 2.30. The highest BCUT2D eigenvalue weighted by Crippen LogP contribution is 2.21. The van der Waals surface area contributed by atoms with Crippen LogP contribution in [-0.4, -0.2) is 56.7 Å². The van der Waals surface area contributed by atoms with E-state index in [9.17, 15) is 9.59 Å². The molecule has 3 rings (SSSR count). The molecule has 1 aromatic heterocycles. The summed E-state index contributed by atoms with van der Waals surface area (Å²) in [6, 6.07) is 5.32. The number of nitrogens with zero attached hydrogens (tertiary/aromatic N) is 4. The van der Waals surface area contributed by atoms with Crippen LogP contribution in [0.15, 0.2) is 18.2 Å². The van der Waals surface area contributed by atoms with E-state index >= 15 is 0 Å². The van der Waals surface area contributed by atoms with Crippen LogP contribution in [-0.2, 0) is 4.79 Å². The molecule has 0 unspecified atom stereocenters. The van der Waals surface area contributed by atoms with Gasteiger partial charge in [-0.1, -0.05) is 0 Å². The lowest BCUT2D eigenvalue weighted by Crippen LogP contribution is -2.47. The fourth-order valence-corrected chi connectivity index (χ4v) is 3.74. The zero-order valence-corrected chi connectivity index (χ0v) is 15.4. The number of amides is 3. The van der Waals surface area contributed by atoms with Gasteiger partial charge in [-0.15, -0.1) is 0 Å². The summed E-state index contributed by atoms with van der Waals surface area (Å²) in [4.78, 5) is 28.7. The Morgan fingerprint density at radius 2 is 2.04 bits per heavy atom. The minimum atomic E-state index is -0.167. The number of urea groups is 1. The number of carbonyl (C=O) groups is 2. The van der Waals surface area contributed by atoms with Crippen LogP contribution in [0, 0.1) is 5.92 Å². The second-order valence-corrected chi connectivity index (χ2v) is 6.72. The van der Waals surface area contributed by atoms with Crippen LogP contribution in [0.1, 0.15) is 26.7 Å². The van der Waals surface area contributed by atoms with Crippen molar-refractivity contribution in [2.24, 2.45) is 5.92 Å². The summed E-state index contributed by atoms with van der Waals surface area (Å²) >= 11 is 1.15. The Hall–Kier alpha value is -2.22. The average Bonchev–Trinajstić information content (AvgIpc) is 3.10. The maximum Gasteiger partial charge on any atom is 0.321 e. The smallest absolute Gasteiger partial charge is 0.321 e. The molecule has 0 saturated carbocycles. The molecule has 1 aliphatic heterocycles. The van der Waals surface area contributed by atoms with E-state index in [1.54, 1.807) is 4.90 Å². The van der Waals surface area contributed by atoms with Crippen LogP contribution in [0.25, 0.3) is 11.0 Å². The van der Waals surface area contributed by atoms with Gasteiger partial charge in [0.25, 0.3) is 0 Å². The van der Waals surface area contributed by atoms with Crippen molar-refractivity contribution in [2.75, 3.05) is 31.5 Å². The number of benzene rings is 1. The lowest BCUT2D eigenvalue weighted by Gasteiger charge is -2.34. The molecule has 2 heterocycles.